The molecule has 0 saturated heterocycles. The first-order valence-electron chi connectivity index (χ1n) is 6.30. The van der Waals surface area contributed by atoms with Crippen LogP contribution in [-0.4, -0.2) is 4.98 Å². The van der Waals surface area contributed by atoms with E-state index in [4.69, 9.17) is 28.5 Å². The van der Waals surface area contributed by atoms with E-state index < -0.39 is 5.82 Å². The maximum atomic E-state index is 13.5. The van der Waals surface area contributed by atoms with E-state index in [-0.39, 0.29) is 5.69 Å². The summed E-state index contributed by atoms with van der Waals surface area (Å²) >= 11 is 12.3. The molecule has 1 N–H and O–H groups in total. The van der Waals surface area contributed by atoms with Crippen LogP contribution < -0.4 is 5.32 Å². The number of nitrogens with zero attached hydrogens (tertiary/aromatic N) is 2. The maximum absolute atomic E-state index is 13.5. The predicted molar refractivity (Wildman–Crippen MR) is 86.2 cm³/mol. The van der Waals surface area contributed by atoms with Crippen molar-refractivity contribution >= 4 is 45.5 Å². The molecule has 22 heavy (non-hydrogen) atoms. The topological polar surface area (TPSA) is 48.7 Å². The fourth-order valence-corrected chi connectivity index (χ4v) is 2.60. The van der Waals surface area contributed by atoms with Crippen LogP contribution in [0.2, 0.25) is 10.0 Å². The standard InChI is InChI=1S/C16H8Cl2FN3/c17-12-2-1-3-13(18)16(12)22-15-7-10(8-20)21-14-5-4-9(19)6-11(14)15/h1-7H,(H,21,22). The Kier molecular flexibility index (Phi) is 3.84. The van der Waals surface area contributed by atoms with Crippen molar-refractivity contribution < 1.29 is 4.39 Å². The molecule has 0 atom stereocenters. The summed E-state index contributed by atoms with van der Waals surface area (Å²) in [5.74, 6) is -0.396. The summed E-state index contributed by atoms with van der Waals surface area (Å²) in [7, 11) is 0. The summed E-state index contributed by atoms with van der Waals surface area (Å²) < 4.78 is 13.5. The van der Waals surface area contributed by atoms with Gasteiger partial charge in [0.1, 0.15) is 17.6 Å². The van der Waals surface area contributed by atoms with E-state index in [2.05, 4.69) is 10.3 Å². The van der Waals surface area contributed by atoms with Gasteiger partial charge in [-0.1, -0.05) is 29.3 Å². The third-order valence-electron chi connectivity index (χ3n) is 3.11. The highest BCUT2D eigenvalue weighted by Gasteiger charge is 2.11. The van der Waals surface area contributed by atoms with Gasteiger partial charge in [-0.25, -0.2) is 9.37 Å². The summed E-state index contributed by atoms with van der Waals surface area (Å²) in [5.41, 5.74) is 1.72. The molecular formula is C16H8Cl2FN3. The molecule has 2 aromatic carbocycles. The summed E-state index contributed by atoms with van der Waals surface area (Å²) in [4.78, 5) is 4.15. The van der Waals surface area contributed by atoms with Gasteiger partial charge in [0.15, 0.2) is 0 Å². The Morgan fingerprint density at radius 2 is 1.82 bits per heavy atom. The monoisotopic (exact) mass is 331 g/mol. The van der Waals surface area contributed by atoms with E-state index in [0.717, 1.165) is 0 Å². The van der Waals surface area contributed by atoms with Gasteiger partial charge >= 0.3 is 0 Å². The average Bonchev–Trinajstić information content (AvgIpc) is 2.51. The molecule has 0 aliphatic heterocycles. The molecule has 0 amide bonds. The highest BCUT2D eigenvalue weighted by molar-refractivity contribution is 6.39. The second kappa shape index (κ2) is 5.80. The zero-order valence-electron chi connectivity index (χ0n) is 11.1. The summed E-state index contributed by atoms with van der Waals surface area (Å²) in [6, 6.07) is 12.8. The highest BCUT2D eigenvalue weighted by Crippen LogP contribution is 2.35. The third-order valence-corrected chi connectivity index (χ3v) is 3.74. The molecule has 0 fully saturated rings. The molecule has 1 aromatic heterocycles. The Morgan fingerprint density at radius 1 is 1.09 bits per heavy atom. The molecule has 6 heteroatoms. The fourth-order valence-electron chi connectivity index (χ4n) is 2.11. The lowest BCUT2D eigenvalue weighted by Crippen LogP contribution is -1.97. The van der Waals surface area contributed by atoms with E-state index in [1.165, 1.54) is 24.3 Å². The lowest BCUT2D eigenvalue weighted by molar-refractivity contribution is 0.629. The Morgan fingerprint density at radius 3 is 2.50 bits per heavy atom. The van der Waals surface area contributed by atoms with Gasteiger partial charge < -0.3 is 5.32 Å². The Bertz CT molecular complexity index is 899. The van der Waals surface area contributed by atoms with Gasteiger partial charge in [0.25, 0.3) is 0 Å². The molecule has 0 aliphatic carbocycles. The van der Waals surface area contributed by atoms with Crippen molar-refractivity contribution in [1.29, 1.82) is 5.26 Å². The van der Waals surface area contributed by atoms with Crippen molar-refractivity contribution in [2.75, 3.05) is 5.32 Å². The molecule has 0 bridgehead atoms. The molecule has 0 saturated carbocycles. The average molecular weight is 332 g/mol. The van der Waals surface area contributed by atoms with E-state index in [9.17, 15) is 4.39 Å². The van der Waals surface area contributed by atoms with E-state index in [1.807, 2.05) is 6.07 Å². The zero-order valence-corrected chi connectivity index (χ0v) is 12.6. The van der Waals surface area contributed by atoms with Crippen LogP contribution >= 0.6 is 23.2 Å². The summed E-state index contributed by atoms with van der Waals surface area (Å²) in [6.45, 7) is 0. The lowest BCUT2D eigenvalue weighted by Gasteiger charge is -2.13. The molecule has 0 unspecified atom stereocenters. The third kappa shape index (κ3) is 2.69. The van der Waals surface area contributed by atoms with Crippen molar-refractivity contribution in [2.45, 2.75) is 0 Å². The van der Waals surface area contributed by atoms with E-state index in [1.54, 1.807) is 18.2 Å². The minimum atomic E-state index is -0.396. The van der Waals surface area contributed by atoms with Crippen LogP contribution in [0.15, 0.2) is 42.5 Å². The number of hydrogen-bond acceptors (Lipinski definition) is 3. The van der Waals surface area contributed by atoms with Gasteiger partial charge in [-0.15, -0.1) is 0 Å². The summed E-state index contributed by atoms with van der Waals surface area (Å²) in [5, 5.41) is 13.5. The van der Waals surface area contributed by atoms with E-state index in [0.29, 0.717) is 32.3 Å². The SMILES string of the molecule is N#Cc1cc(Nc2c(Cl)cccc2Cl)c2cc(F)ccc2n1. The number of aromatic nitrogens is 1. The molecule has 3 nitrogen and oxygen atoms in total. The van der Waals surface area contributed by atoms with Crippen molar-refractivity contribution in [3.05, 3.63) is 64.0 Å². The summed E-state index contributed by atoms with van der Waals surface area (Å²) in [6.07, 6.45) is 0. The smallest absolute Gasteiger partial charge is 0.143 e. The second-order valence-corrected chi connectivity index (χ2v) is 5.36. The highest BCUT2D eigenvalue weighted by atomic mass is 35.5. The van der Waals surface area contributed by atoms with E-state index >= 15 is 0 Å². The molecule has 0 aliphatic rings. The Balaban J connectivity index is 2.21. The molecule has 3 rings (SSSR count). The number of nitriles is 1. The number of hydrogen-bond donors (Lipinski definition) is 1. The minimum absolute atomic E-state index is 0.213. The first kappa shape index (κ1) is 14.6. The van der Waals surface area contributed by atoms with Crippen LogP contribution in [0.1, 0.15) is 5.69 Å². The number of fused-ring (bicyclic) bond motifs is 1. The van der Waals surface area contributed by atoms with Gasteiger partial charge in [-0.3, -0.25) is 0 Å². The number of rotatable bonds is 2. The molecular weight excluding hydrogens is 324 g/mol. The van der Waals surface area contributed by atoms with Gasteiger partial charge in [0.2, 0.25) is 0 Å². The Hall–Kier alpha value is -2.35. The van der Waals surface area contributed by atoms with Crippen LogP contribution in [0.4, 0.5) is 15.8 Å². The largest absolute Gasteiger partial charge is 0.352 e. The van der Waals surface area contributed by atoms with Gasteiger partial charge in [-0.2, -0.15) is 5.26 Å². The first-order valence-corrected chi connectivity index (χ1v) is 7.05. The van der Waals surface area contributed by atoms with Crippen LogP contribution in [0.3, 0.4) is 0 Å². The fraction of sp³-hybridized carbons (Fsp3) is 0. The predicted octanol–water partition coefficient (Wildman–Crippen LogP) is 5.30. The Labute approximate surface area is 135 Å². The van der Waals surface area contributed by atoms with Crippen molar-refractivity contribution in [3.8, 4) is 6.07 Å². The number of anilines is 2. The van der Waals surface area contributed by atoms with Crippen molar-refractivity contribution in [1.82, 2.24) is 4.98 Å². The van der Waals surface area contributed by atoms with Gasteiger partial charge in [-0.05, 0) is 36.4 Å². The van der Waals surface area contributed by atoms with Crippen molar-refractivity contribution in [2.24, 2.45) is 0 Å². The molecule has 0 radical (unpaired) electrons. The lowest BCUT2D eigenvalue weighted by atomic mass is 10.1. The van der Waals surface area contributed by atoms with Crippen LogP contribution in [0, 0.1) is 17.1 Å². The normalized spacial score (nSPS) is 10.5. The second-order valence-electron chi connectivity index (χ2n) is 4.55. The van der Waals surface area contributed by atoms with Crippen LogP contribution in [0.5, 0.6) is 0 Å². The van der Waals surface area contributed by atoms with Gasteiger partial charge in [0, 0.05) is 5.39 Å². The molecule has 3 aromatic rings. The van der Waals surface area contributed by atoms with Gasteiger partial charge in [0.05, 0.1) is 26.9 Å². The number of pyridine rings is 1. The molecule has 108 valence electrons. The maximum Gasteiger partial charge on any atom is 0.143 e. The molecule has 1 heterocycles. The number of nitrogens with one attached hydrogen (secondary N) is 1. The minimum Gasteiger partial charge on any atom is -0.352 e. The molecule has 0 spiro atoms. The number of halogens is 3. The number of benzene rings is 2. The van der Waals surface area contributed by atoms with Crippen molar-refractivity contribution in [3.63, 3.8) is 0 Å². The quantitative estimate of drug-likeness (QED) is 0.693. The van der Waals surface area contributed by atoms with Crippen LogP contribution in [0.25, 0.3) is 10.9 Å². The number of para-hydroxylation sites is 1. The zero-order chi connectivity index (χ0) is 15.7. The van der Waals surface area contributed by atoms with Crippen LogP contribution in [-0.2, 0) is 0 Å². The first-order chi connectivity index (χ1) is 10.6.